The van der Waals surface area contributed by atoms with Crippen molar-refractivity contribution in [1.29, 1.82) is 0 Å². The first-order chi connectivity index (χ1) is 7.22. The van der Waals surface area contributed by atoms with E-state index in [1.54, 1.807) is 0 Å². The predicted octanol–water partition coefficient (Wildman–Crippen LogP) is 0.183. The third-order valence-corrected chi connectivity index (χ3v) is 2.90. The van der Waals surface area contributed by atoms with E-state index in [1.807, 2.05) is 0 Å². The van der Waals surface area contributed by atoms with Gasteiger partial charge in [-0.2, -0.15) is 0 Å². The van der Waals surface area contributed by atoms with Gasteiger partial charge in [0.15, 0.2) is 0 Å². The second-order valence-corrected chi connectivity index (χ2v) is 4.47. The number of hydrogen-bond donors (Lipinski definition) is 2. The summed E-state index contributed by atoms with van der Waals surface area (Å²) in [5, 5.41) is 2.91. The molecule has 0 aliphatic carbocycles. The van der Waals surface area contributed by atoms with Crippen molar-refractivity contribution in [2.45, 2.75) is 25.7 Å². The molecule has 1 aliphatic rings. The molecule has 1 amide bonds. The number of rotatable bonds is 5. The molecular weight excluding hydrogens is 190 g/mol. The topological polar surface area (TPSA) is 58.4 Å². The first kappa shape index (κ1) is 12.5. The normalized spacial score (nSPS) is 22.7. The van der Waals surface area contributed by atoms with Crippen molar-refractivity contribution in [2.24, 2.45) is 11.7 Å². The molecule has 15 heavy (non-hydrogen) atoms. The van der Waals surface area contributed by atoms with Crippen LogP contribution in [-0.4, -0.2) is 44.0 Å². The zero-order valence-corrected chi connectivity index (χ0v) is 9.67. The van der Waals surface area contributed by atoms with Crippen LogP contribution in [0.1, 0.15) is 25.7 Å². The molecule has 1 atom stereocenters. The zero-order valence-electron chi connectivity index (χ0n) is 9.67. The molecule has 0 aromatic heterocycles. The fraction of sp³-hybridized carbons (Fsp3) is 0.909. The van der Waals surface area contributed by atoms with Crippen LogP contribution in [0.25, 0.3) is 0 Å². The van der Waals surface area contributed by atoms with Crippen LogP contribution in [0.15, 0.2) is 0 Å². The lowest BCUT2D eigenvalue weighted by molar-refractivity contribution is -0.122. The van der Waals surface area contributed by atoms with Gasteiger partial charge < -0.3 is 16.0 Å². The highest BCUT2D eigenvalue weighted by Crippen LogP contribution is 2.17. The van der Waals surface area contributed by atoms with Gasteiger partial charge in [0.2, 0.25) is 5.91 Å². The Hall–Kier alpha value is -0.610. The van der Waals surface area contributed by atoms with Gasteiger partial charge >= 0.3 is 0 Å². The number of nitrogens with two attached hydrogens (primary N) is 1. The maximum atomic E-state index is 11.5. The summed E-state index contributed by atoms with van der Waals surface area (Å²) in [5.41, 5.74) is 5.36. The average Bonchev–Trinajstić information content (AvgIpc) is 2.18. The quantitative estimate of drug-likeness (QED) is 0.641. The SMILES string of the molecule is CN1CCCC(CC(=O)NCCCN)C1. The Morgan fingerprint density at radius 3 is 3.07 bits per heavy atom. The Labute approximate surface area is 92.2 Å². The number of nitrogens with one attached hydrogen (secondary N) is 1. The highest BCUT2D eigenvalue weighted by Gasteiger charge is 2.19. The minimum Gasteiger partial charge on any atom is -0.356 e. The van der Waals surface area contributed by atoms with Crippen molar-refractivity contribution in [1.82, 2.24) is 10.2 Å². The first-order valence-corrected chi connectivity index (χ1v) is 5.87. The lowest BCUT2D eigenvalue weighted by atomic mass is 9.95. The van der Waals surface area contributed by atoms with E-state index in [9.17, 15) is 4.79 Å². The lowest BCUT2D eigenvalue weighted by Gasteiger charge is -2.29. The second kappa shape index (κ2) is 6.80. The minimum absolute atomic E-state index is 0.184. The molecule has 0 saturated carbocycles. The first-order valence-electron chi connectivity index (χ1n) is 5.87. The number of hydrogen-bond acceptors (Lipinski definition) is 3. The van der Waals surface area contributed by atoms with Crippen LogP contribution in [0, 0.1) is 5.92 Å². The summed E-state index contributed by atoms with van der Waals surface area (Å²) in [7, 11) is 2.12. The monoisotopic (exact) mass is 213 g/mol. The van der Waals surface area contributed by atoms with Gasteiger partial charge in [-0.15, -0.1) is 0 Å². The Kier molecular flexibility index (Phi) is 5.65. The molecule has 1 saturated heterocycles. The van der Waals surface area contributed by atoms with Gasteiger partial charge in [-0.25, -0.2) is 0 Å². The number of carbonyl (C=O) groups is 1. The van der Waals surface area contributed by atoms with Crippen LogP contribution in [0.3, 0.4) is 0 Å². The van der Waals surface area contributed by atoms with E-state index in [-0.39, 0.29) is 5.91 Å². The number of carbonyl (C=O) groups excluding carboxylic acids is 1. The van der Waals surface area contributed by atoms with Crippen molar-refractivity contribution in [3.63, 3.8) is 0 Å². The van der Waals surface area contributed by atoms with Gasteiger partial charge in [0.05, 0.1) is 0 Å². The van der Waals surface area contributed by atoms with Gasteiger partial charge in [-0.3, -0.25) is 4.79 Å². The number of piperidine rings is 1. The second-order valence-electron chi connectivity index (χ2n) is 4.47. The summed E-state index contributed by atoms with van der Waals surface area (Å²) in [6.07, 6.45) is 3.96. The van der Waals surface area contributed by atoms with E-state index in [0.717, 1.165) is 19.5 Å². The third-order valence-electron chi connectivity index (χ3n) is 2.90. The molecule has 88 valence electrons. The minimum atomic E-state index is 0.184. The Morgan fingerprint density at radius 1 is 1.60 bits per heavy atom. The van der Waals surface area contributed by atoms with Gasteiger partial charge in [0.1, 0.15) is 0 Å². The number of likely N-dealkylation sites (tertiary alicyclic amines) is 1. The zero-order chi connectivity index (χ0) is 11.1. The van der Waals surface area contributed by atoms with Crippen LogP contribution in [0.4, 0.5) is 0 Å². The highest BCUT2D eigenvalue weighted by atomic mass is 16.1. The third kappa shape index (κ3) is 5.14. The molecular formula is C11H23N3O. The summed E-state index contributed by atoms with van der Waals surface area (Å²) < 4.78 is 0. The summed E-state index contributed by atoms with van der Waals surface area (Å²) in [6, 6.07) is 0. The maximum absolute atomic E-state index is 11.5. The number of amides is 1. The van der Waals surface area contributed by atoms with E-state index in [0.29, 0.717) is 18.9 Å². The van der Waals surface area contributed by atoms with Gasteiger partial charge in [0.25, 0.3) is 0 Å². The van der Waals surface area contributed by atoms with E-state index >= 15 is 0 Å². The standard InChI is InChI=1S/C11H23N3O/c1-14-7-2-4-10(9-14)8-11(15)13-6-3-5-12/h10H,2-9,12H2,1H3,(H,13,15). The van der Waals surface area contributed by atoms with Crippen molar-refractivity contribution < 1.29 is 4.79 Å². The van der Waals surface area contributed by atoms with Gasteiger partial charge in [0, 0.05) is 19.5 Å². The van der Waals surface area contributed by atoms with Crippen LogP contribution in [-0.2, 0) is 4.79 Å². The van der Waals surface area contributed by atoms with Gasteiger partial charge in [-0.1, -0.05) is 0 Å². The molecule has 4 heteroatoms. The maximum Gasteiger partial charge on any atom is 0.220 e. The summed E-state index contributed by atoms with van der Waals surface area (Å²) in [6.45, 7) is 3.60. The Morgan fingerprint density at radius 2 is 2.40 bits per heavy atom. The van der Waals surface area contributed by atoms with E-state index < -0.39 is 0 Å². The van der Waals surface area contributed by atoms with Crippen molar-refractivity contribution in [3.8, 4) is 0 Å². The van der Waals surface area contributed by atoms with Crippen LogP contribution in [0.5, 0.6) is 0 Å². The average molecular weight is 213 g/mol. The summed E-state index contributed by atoms with van der Waals surface area (Å²) in [5.74, 6) is 0.727. The molecule has 0 spiro atoms. The molecule has 0 radical (unpaired) electrons. The van der Waals surface area contributed by atoms with Crippen molar-refractivity contribution in [3.05, 3.63) is 0 Å². The Balaban J connectivity index is 2.13. The number of nitrogens with zero attached hydrogens (tertiary/aromatic N) is 1. The fourth-order valence-corrected chi connectivity index (χ4v) is 2.10. The molecule has 0 bridgehead atoms. The van der Waals surface area contributed by atoms with Crippen LogP contribution >= 0.6 is 0 Å². The van der Waals surface area contributed by atoms with Crippen molar-refractivity contribution >= 4 is 5.91 Å². The predicted molar refractivity (Wildman–Crippen MR) is 61.5 cm³/mol. The van der Waals surface area contributed by atoms with E-state index in [4.69, 9.17) is 5.73 Å². The fourth-order valence-electron chi connectivity index (χ4n) is 2.10. The van der Waals surface area contributed by atoms with Crippen LogP contribution < -0.4 is 11.1 Å². The van der Waals surface area contributed by atoms with Gasteiger partial charge in [-0.05, 0) is 45.3 Å². The molecule has 1 aliphatic heterocycles. The molecule has 0 aromatic rings. The van der Waals surface area contributed by atoms with Crippen molar-refractivity contribution in [2.75, 3.05) is 33.2 Å². The van der Waals surface area contributed by atoms with E-state index in [2.05, 4.69) is 17.3 Å². The Bertz CT molecular complexity index is 196. The molecule has 0 aromatic carbocycles. The summed E-state index contributed by atoms with van der Waals surface area (Å²) >= 11 is 0. The molecule has 1 rings (SSSR count). The molecule has 4 nitrogen and oxygen atoms in total. The molecule has 1 heterocycles. The molecule has 1 fully saturated rings. The molecule has 1 unspecified atom stereocenters. The summed E-state index contributed by atoms with van der Waals surface area (Å²) in [4.78, 5) is 13.8. The smallest absolute Gasteiger partial charge is 0.220 e. The largest absolute Gasteiger partial charge is 0.356 e. The lowest BCUT2D eigenvalue weighted by Crippen LogP contribution is -2.35. The van der Waals surface area contributed by atoms with E-state index in [1.165, 1.54) is 19.4 Å². The highest BCUT2D eigenvalue weighted by molar-refractivity contribution is 5.76. The molecule has 3 N–H and O–H groups in total. The van der Waals surface area contributed by atoms with Crippen LogP contribution in [0.2, 0.25) is 0 Å².